The fourth-order valence-corrected chi connectivity index (χ4v) is 4.62. The molecule has 0 fully saturated rings. The second-order valence-corrected chi connectivity index (χ2v) is 9.08. The zero-order chi connectivity index (χ0) is 23.8. The van der Waals surface area contributed by atoms with E-state index < -0.39 is 28.3 Å². The fourth-order valence-electron chi connectivity index (χ4n) is 3.19. The van der Waals surface area contributed by atoms with Crippen molar-refractivity contribution in [2.24, 2.45) is 0 Å². The van der Waals surface area contributed by atoms with E-state index in [9.17, 15) is 22.0 Å². The minimum Gasteiger partial charge on any atom is -0.497 e. The Kier molecular flexibility index (Phi) is 8.00. The van der Waals surface area contributed by atoms with Crippen LogP contribution in [0.1, 0.15) is 12.0 Å². The maximum absolute atomic E-state index is 14.5. The summed E-state index contributed by atoms with van der Waals surface area (Å²) < 4.78 is 59.8. The van der Waals surface area contributed by atoms with Crippen molar-refractivity contribution in [1.82, 2.24) is 5.32 Å². The molecule has 0 aliphatic heterocycles. The lowest BCUT2D eigenvalue weighted by atomic mass is 10.1. The average Bonchev–Trinajstić information content (AvgIpc) is 2.82. The molecule has 9 heteroatoms. The second kappa shape index (κ2) is 10.9. The lowest BCUT2D eigenvalue weighted by Gasteiger charge is -2.24. The number of para-hydroxylation sites is 1. The number of halogens is 2. The zero-order valence-corrected chi connectivity index (χ0v) is 18.8. The summed E-state index contributed by atoms with van der Waals surface area (Å²) in [7, 11) is -2.78. The van der Waals surface area contributed by atoms with Crippen molar-refractivity contribution in [3.05, 3.63) is 90.0 Å². The minimum atomic E-state index is -4.23. The molecular formula is C24H24F2N2O4S. The van der Waals surface area contributed by atoms with Gasteiger partial charge in [-0.05, 0) is 66.9 Å². The molecule has 0 aliphatic rings. The van der Waals surface area contributed by atoms with Crippen molar-refractivity contribution < 1.29 is 26.7 Å². The van der Waals surface area contributed by atoms with E-state index in [0.717, 1.165) is 15.9 Å². The topological polar surface area (TPSA) is 75.7 Å². The predicted octanol–water partition coefficient (Wildman–Crippen LogP) is 3.92. The van der Waals surface area contributed by atoms with Crippen LogP contribution in [0.4, 0.5) is 14.5 Å². The lowest BCUT2D eigenvalue weighted by Crippen LogP contribution is -2.41. The highest BCUT2D eigenvalue weighted by molar-refractivity contribution is 7.92. The Balaban J connectivity index is 1.72. The molecule has 1 amide bonds. The number of methoxy groups -OCH3 is 1. The maximum atomic E-state index is 14.5. The van der Waals surface area contributed by atoms with Crippen molar-refractivity contribution in [2.45, 2.75) is 17.7 Å². The Labute approximate surface area is 191 Å². The standard InChI is InChI=1S/C24H24F2N2O4S/c1-32-20-12-14-21(15-13-20)33(30,31)28(23-7-3-2-6-22(23)26)17-24(29)27-16-4-5-18-8-10-19(25)11-9-18/h2-3,6-15H,4-5,16-17H2,1H3,(H,27,29). The molecule has 6 nitrogen and oxygen atoms in total. The van der Waals surface area contributed by atoms with Crippen LogP contribution in [0.15, 0.2) is 77.7 Å². The predicted molar refractivity (Wildman–Crippen MR) is 122 cm³/mol. The highest BCUT2D eigenvalue weighted by Gasteiger charge is 2.29. The van der Waals surface area contributed by atoms with Crippen molar-refractivity contribution in [3.8, 4) is 5.75 Å². The molecule has 0 heterocycles. The first-order chi connectivity index (χ1) is 15.8. The van der Waals surface area contributed by atoms with Gasteiger partial charge in [0.1, 0.15) is 23.9 Å². The molecule has 0 atom stereocenters. The van der Waals surface area contributed by atoms with Gasteiger partial charge in [-0.2, -0.15) is 0 Å². The number of benzene rings is 3. The van der Waals surface area contributed by atoms with Gasteiger partial charge in [0, 0.05) is 6.54 Å². The summed E-state index contributed by atoms with van der Waals surface area (Å²) in [6, 6.07) is 17.0. The maximum Gasteiger partial charge on any atom is 0.264 e. The molecule has 3 rings (SSSR count). The Bertz CT molecular complexity index is 1180. The van der Waals surface area contributed by atoms with Crippen molar-refractivity contribution in [2.75, 3.05) is 24.5 Å². The first-order valence-corrected chi connectivity index (χ1v) is 11.7. The molecule has 0 bridgehead atoms. The highest BCUT2D eigenvalue weighted by atomic mass is 32.2. The van der Waals surface area contributed by atoms with Gasteiger partial charge in [0.05, 0.1) is 17.7 Å². The smallest absolute Gasteiger partial charge is 0.264 e. The van der Waals surface area contributed by atoms with Gasteiger partial charge in [0.2, 0.25) is 5.91 Å². The normalized spacial score (nSPS) is 11.1. The van der Waals surface area contributed by atoms with Crippen molar-refractivity contribution in [1.29, 1.82) is 0 Å². The number of rotatable bonds is 10. The Hall–Kier alpha value is -3.46. The van der Waals surface area contributed by atoms with Crippen LogP contribution in [0.3, 0.4) is 0 Å². The summed E-state index contributed by atoms with van der Waals surface area (Å²) >= 11 is 0. The van der Waals surface area contributed by atoms with Crippen LogP contribution in [-0.2, 0) is 21.2 Å². The van der Waals surface area contributed by atoms with Gasteiger partial charge in [-0.15, -0.1) is 0 Å². The molecule has 33 heavy (non-hydrogen) atoms. The van der Waals surface area contributed by atoms with Crippen LogP contribution in [0, 0.1) is 11.6 Å². The van der Waals surface area contributed by atoms with Crippen LogP contribution >= 0.6 is 0 Å². The molecule has 0 aromatic heterocycles. The zero-order valence-electron chi connectivity index (χ0n) is 18.0. The largest absolute Gasteiger partial charge is 0.497 e. The van der Waals surface area contributed by atoms with E-state index in [1.54, 1.807) is 12.1 Å². The van der Waals surface area contributed by atoms with Crippen LogP contribution in [0.2, 0.25) is 0 Å². The average molecular weight is 475 g/mol. The quantitative estimate of drug-likeness (QED) is 0.452. The van der Waals surface area contributed by atoms with E-state index in [0.29, 0.717) is 18.6 Å². The first kappa shape index (κ1) is 24.2. The summed E-state index contributed by atoms with van der Waals surface area (Å²) in [4.78, 5) is 12.5. The Morgan fingerprint density at radius 3 is 2.27 bits per heavy atom. The van der Waals surface area contributed by atoms with E-state index in [1.165, 1.54) is 61.7 Å². The van der Waals surface area contributed by atoms with Gasteiger partial charge in [0.15, 0.2) is 0 Å². The molecule has 0 aliphatic carbocycles. The number of hydrogen-bond donors (Lipinski definition) is 1. The SMILES string of the molecule is COc1ccc(S(=O)(=O)N(CC(=O)NCCCc2ccc(F)cc2)c2ccccc2F)cc1. The summed E-state index contributed by atoms with van der Waals surface area (Å²) in [5.74, 6) is -1.20. The number of anilines is 1. The fraction of sp³-hybridized carbons (Fsp3) is 0.208. The van der Waals surface area contributed by atoms with Gasteiger partial charge in [-0.3, -0.25) is 9.10 Å². The molecule has 0 unspecified atom stereocenters. The number of sulfonamides is 1. The molecule has 3 aromatic carbocycles. The number of ether oxygens (including phenoxy) is 1. The molecule has 1 N–H and O–H groups in total. The Morgan fingerprint density at radius 2 is 1.64 bits per heavy atom. The van der Waals surface area contributed by atoms with Gasteiger partial charge in [0.25, 0.3) is 10.0 Å². The van der Waals surface area contributed by atoms with Gasteiger partial charge >= 0.3 is 0 Å². The number of carbonyl (C=O) groups excluding carboxylic acids is 1. The summed E-state index contributed by atoms with van der Waals surface area (Å²) in [5.41, 5.74) is 0.690. The number of carbonyl (C=O) groups is 1. The summed E-state index contributed by atoms with van der Waals surface area (Å²) in [5, 5.41) is 2.66. The second-order valence-electron chi connectivity index (χ2n) is 7.22. The summed E-state index contributed by atoms with van der Waals surface area (Å²) in [6.45, 7) is -0.310. The third-order valence-corrected chi connectivity index (χ3v) is 6.71. The molecule has 0 radical (unpaired) electrons. The lowest BCUT2D eigenvalue weighted by molar-refractivity contribution is -0.119. The van der Waals surface area contributed by atoms with Crippen molar-refractivity contribution in [3.63, 3.8) is 0 Å². The number of hydrogen-bond acceptors (Lipinski definition) is 4. The van der Waals surface area contributed by atoms with Crippen LogP contribution in [-0.4, -0.2) is 34.5 Å². The van der Waals surface area contributed by atoms with Gasteiger partial charge in [-0.1, -0.05) is 24.3 Å². The number of amides is 1. The van der Waals surface area contributed by atoms with Crippen LogP contribution < -0.4 is 14.4 Å². The van der Waals surface area contributed by atoms with Gasteiger partial charge in [-0.25, -0.2) is 17.2 Å². The third kappa shape index (κ3) is 6.29. The first-order valence-electron chi connectivity index (χ1n) is 10.2. The van der Waals surface area contributed by atoms with Crippen LogP contribution in [0.5, 0.6) is 5.75 Å². The minimum absolute atomic E-state index is 0.101. The van der Waals surface area contributed by atoms with E-state index in [1.807, 2.05) is 0 Å². The molecule has 174 valence electrons. The molecule has 3 aromatic rings. The van der Waals surface area contributed by atoms with E-state index in [2.05, 4.69) is 5.32 Å². The third-order valence-electron chi connectivity index (χ3n) is 4.93. The number of nitrogens with one attached hydrogen (secondary N) is 1. The monoisotopic (exact) mass is 474 g/mol. The molecule has 0 saturated carbocycles. The number of nitrogens with zero attached hydrogens (tertiary/aromatic N) is 1. The van der Waals surface area contributed by atoms with E-state index >= 15 is 0 Å². The highest BCUT2D eigenvalue weighted by Crippen LogP contribution is 2.27. The Morgan fingerprint density at radius 1 is 0.970 bits per heavy atom. The molecule has 0 saturated heterocycles. The van der Waals surface area contributed by atoms with Gasteiger partial charge < -0.3 is 10.1 Å². The molecular weight excluding hydrogens is 450 g/mol. The number of aryl methyl sites for hydroxylation is 1. The molecule has 0 spiro atoms. The van der Waals surface area contributed by atoms with Crippen molar-refractivity contribution >= 4 is 21.6 Å². The van der Waals surface area contributed by atoms with E-state index in [-0.39, 0.29) is 22.9 Å². The van der Waals surface area contributed by atoms with Crippen LogP contribution in [0.25, 0.3) is 0 Å². The summed E-state index contributed by atoms with van der Waals surface area (Å²) in [6.07, 6.45) is 1.18. The van der Waals surface area contributed by atoms with E-state index in [4.69, 9.17) is 4.74 Å².